The molecule has 1 aliphatic heterocycles. The Balaban J connectivity index is 2.21. The molecule has 0 unspecified atom stereocenters. The summed E-state index contributed by atoms with van der Waals surface area (Å²) in [5.74, 6) is -0.277. The topological polar surface area (TPSA) is 49.4 Å². The molecule has 1 aliphatic rings. The number of amides is 2. The Morgan fingerprint density at radius 2 is 1.89 bits per heavy atom. The monoisotopic (exact) mass is 254 g/mol. The van der Waals surface area contributed by atoms with Gasteiger partial charge in [0.25, 0.3) is 5.91 Å². The number of hydrogen-bond donors (Lipinski definition) is 1. The highest BCUT2D eigenvalue weighted by atomic mass is 16.2. The summed E-state index contributed by atoms with van der Waals surface area (Å²) >= 11 is 0. The highest BCUT2D eigenvalue weighted by molar-refractivity contribution is 6.26. The minimum Gasteiger partial charge on any atom is -0.357 e. The molecule has 2 aromatic rings. The molecule has 0 aliphatic carbocycles. The number of benzene rings is 2. The second-order valence-corrected chi connectivity index (χ2v) is 4.65. The van der Waals surface area contributed by atoms with Gasteiger partial charge in [-0.25, -0.2) is 0 Å². The lowest BCUT2D eigenvalue weighted by atomic mass is 10.1. The number of hydrogen-bond acceptors (Lipinski definition) is 2. The molecule has 1 atom stereocenters. The number of carbonyl (C=O) groups is 2. The lowest BCUT2D eigenvalue weighted by Gasteiger charge is -2.24. The molecular weight excluding hydrogens is 240 g/mol. The Morgan fingerprint density at radius 1 is 1.21 bits per heavy atom. The van der Waals surface area contributed by atoms with Crippen LogP contribution in [0.15, 0.2) is 36.4 Å². The van der Waals surface area contributed by atoms with Crippen LogP contribution >= 0.6 is 0 Å². The van der Waals surface area contributed by atoms with Gasteiger partial charge in [0.1, 0.15) is 6.04 Å². The standard InChI is InChI=1S/C15H14N2O2/c1-9(14(18)16-2)17-12-8-4-6-10-5-3-7-11(13(10)12)15(17)19/h3-9H,1-2H3,(H,16,18)/t9-/m1/s1. The molecule has 0 spiro atoms. The zero-order valence-electron chi connectivity index (χ0n) is 10.8. The Labute approximate surface area is 111 Å². The van der Waals surface area contributed by atoms with Crippen molar-refractivity contribution >= 4 is 28.3 Å². The third-order valence-electron chi connectivity index (χ3n) is 3.60. The minimum absolute atomic E-state index is 0.108. The maximum absolute atomic E-state index is 12.5. The molecule has 0 saturated heterocycles. The molecule has 3 rings (SSSR count). The molecular formula is C15H14N2O2. The molecule has 0 fully saturated rings. The van der Waals surface area contributed by atoms with Gasteiger partial charge >= 0.3 is 0 Å². The molecule has 1 N–H and O–H groups in total. The van der Waals surface area contributed by atoms with Crippen molar-refractivity contribution in [1.82, 2.24) is 5.32 Å². The Bertz CT molecular complexity index is 688. The van der Waals surface area contributed by atoms with E-state index in [1.807, 2.05) is 36.4 Å². The summed E-state index contributed by atoms with van der Waals surface area (Å²) < 4.78 is 0. The summed E-state index contributed by atoms with van der Waals surface area (Å²) in [4.78, 5) is 25.9. The largest absolute Gasteiger partial charge is 0.357 e. The first kappa shape index (κ1) is 11.7. The molecule has 96 valence electrons. The molecule has 4 nitrogen and oxygen atoms in total. The van der Waals surface area contributed by atoms with Crippen molar-refractivity contribution in [2.24, 2.45) is 0 Å². The lowest BCUT2D eigenvalue weighted by Crippen LogP contribution is -2.45. The van der Waals surface area contributed by atoms with Crippen LogP contribution in [0.3, 0.4) is 0 Å². The van der Waals surface area contributed by atoms with E-state index < -0.39 is 6.04 Å². The maximum atomic E-state index is 12.5. The van der Waals surface area contributed by atoms with Crippen molar-refractivity contribution < 1.29 is 9.59 Å². The van der Waals surface area contributed by atoms with E-state index in [2.05, 4.69) is 5.32 Å². The van der Waals surface area contributed by atoms with Gasteiger partial charge in [0.15, 0.2) is 0 Å². The van der Waals surface area contributed by atoms with Crippen LogP contribution in [-0.4, -0.2) is 24.9 Å². The van der Waals surface area contributed by atoms with Gasteiger partial charge in [0.05, 0.1) is 5.69 Å². The molecule has 2 amide bonds. The van der Waals surface area contributed by atoms with Crippen molar-refractivity contribution in [3.8, 4) is 0 Å². The SMILES string of the molecule is CNC(=O)[C@@H](C)N1C(=O)c2cccc3cccc1c23. The molecule has 4 heteroatoms. The summed E-state index contributed by atoms with van der Waals surface area (Å²) in [5, 5.41) is 4.55. The van der Waals surface area contributed by atoms with E-state index in [0.29, 0.717) is 5.56 Å². The number of nitrogens with zero attached hydrogens (tertiary/aromatic N) is 1. The summed E-state index contributed by atoms with van der Waals surface area (Å²) in [7, 11) is 1.58. The van der Waals surface area contributed by atoms with Crippen molar-refractivity contribution in [3.05, 3.63) is 42.0 Å². The van der Waals surface area contributed by atoms with E-state index in [-0.39, 0.29) is 11.8 Å². The van der Waals surface area contributed by atoms with E-state index in [1.165, 1.54) is 0 Å². The summed E-state index contributed by atoms with van der Waals surface area (Å²) in [6.07, 6.45) is 0. The van der Waals surface area contributed by atoms with E-state index >= 15 is 0 Å². The van der Waals surface area contributed by atoms with Crippen LogP contribution in [0, 0.1) is 0 Å². The van der Waals surface area contributed by atoms with Crippen LogP contribution in [0.4, 0.5) is 5.69 Å². The fraction of sp³-hybridized carbons (Fsp3) is 0.200. The van der Waals surface area contributed by atoms with E-state index in [1.54, 1.807) is 18.9 Å². The van der Waals surface area contributed by atoms with Crippen molar-refractivity contribution in [2.45, 2.75) is 13.0 Å². The van der Waals surface area contributed by atoms with Crippen LogP contribution in [0.5, 0.6) is 0 Å². The van der Waals surface area contributed by atoms with Gasteiger partial charge in [-0.2, -0.15) is 0 Å². The van der Waals surface area contributed by atoms with Gasteiger partial charge in [0, 0.05) is 18.0 Å². The van der Waals surface area contributed by atoms with Gasteiger partial charge in [-0.3, -0.25) is 14.5 Å². The fourth-order valence-corrected chi connectivity index (χ4v) is 2.65. The average Bonchev–Trinajstić information content (AvgIpc) is 2.73. The first-order chi connectivity index (χ1) is 9.15. The molecule has 0 radical (unpaired) electrons. The maximum Gasteiger partial charge on any atom is 0.259 e. The van der Waals surface area contributed by atoms with Crippen molar-refractivity contribution in [2.75, 3.05) is 11.9 Å². The third-order valence-corrected chi connectivity index (χ3v) is 3.60. The molecule has 1 heterocycles. The molecule has 19 heavy (non-hydrogen) atoms. The summed E-state index contributed by atoms with van der Waals surface area (Å²) in [6.45, 7) is 1.74. The highest BCUT2D eigenvalue weighted by Gasteiger charge is 2.35. The van der Waals surface area contributed by atoms with Crippen LogP contribution in [0.2, 0.25) is 0 Å². The third kappa shape index (κ3) is 1.53. The van der Waals surface area contributed by atoms with Crippen LogP contribution < -0.4 is 10.2 Å². The lowest BCUT2D eigenvalue weighted by molar-refractivity contribution is -0.121. The molecule has 0 bridgehead atoms. The molecule has 2 aromatic carbocycles. The molecule has 0 aromatic heterocycles. The Morgan fingerprint density at radius 3 is 2.58 bits per heavy atom. The normalized spacial score (nSPS) is 14.8. The smallest absolute Gasteiger partial charge is 0.259 e. The van der Waals surface area contributed by atoms with E-state index in [4.69, 9.17) is 0 Å². The zero-order chi connectivity index (χ0) is 13.6. The quantitative estimate of drug-likeness (QED) is 0.890. The second kappa shape index (κ2) is 4.09. The minimum atomic E-state index is -0.518. The first-order valence-corrected chi connectivity index (χ1v) is 6.22. The van der Waals surface area contributed by atoms with E-state index in [0.717, 1.165) is 16.5 Å². The predicted octanol–water partition coefficient (Wildman–Crippen LogP) is 1.93. The van der Waals surface area contributed by atoms with Gasteiger partial charge in [-0.15, -0.1) is 0 Å². The fourth-order valence-electron chi connectivity index (χ4n) is 2.65. The van der Waals surface area contributed by atoms with Gasteiger partial charge in [0.2, 0.25) is 5.91 Å². The summed E-state index contributed by atoms with van der Waals surface area (Å²) in [5.41, 5.74) is 1.48. The van der Waals surface area contributed by atoms with Crippen LogP contribution in [-0.2, 0) is 4.79 Å². The number of rotatable bonds is 2. The molecule has 0 saturated carbocycles. The van der Waals surface area contributed by atoms with Crippen LogP contribution in [0.25, 0.3) is 10.8 Å². The number of carbonyl (C=O) groups excluding carboxylic acids is 2. The Hall–Kier alpha value is -2.36. The van der Waals surface area contributed by atoms with Crippen molar-refractivity contribution in [3.63, 3.8) is 0 Å². The number of nitrogens with one attached hydrogen (secondary N) is 1. The van der Waals surface area contributed by atoms with Crippen LogP contribution in [0.1, 0.15) is 17.3 Å². The average molecular weight is 254 g/mol. The predicted molar refractivity (Wildman–Crippen MR) is 74.3 cm³/mol. The highest BCUT2D eigenvalue weighted by Crippen LogP contribution is 2.38. The summed E-state index contributed by atoms with van der Waals surface area (Å²) in [6, 6.07) is 10.9. The Kier molecular flexibility index (Phi) is 2.52. The zero-order valence-corrected chi connectivity index (χ0v) is 10.8. The number of likely N-dealkylation sites (N-methyl/N-ethyl adjacent to an activating group) is 1. The van der Waals surface area contributed by atoms with Crippen molar-refractivity contribution in [1.29, 1.82) is 0 Å². The van der Waals surface area contributed by atoms with E-state index in [9.17, 15) is 9.59 Å². The first-order valence-electron chi connectivity index (χ1n) is 6.22. The second-order valence-electron chi connectivity index (χ2n) is 4.65. The van der Waals surface area contributed by atoms with Gasteiger partial charge < -0.3 is 5.32 Å². The van der Waals surface area contributed by atoms with Gasteiger partial charge in [-0.1, -0.05) is 24.3 Å². The van der Waals surface area contributed by atoms with Gasteiger partial charge in [-0.05, 0) is 24.4 Å². The number of anilines is 1.